The van der Waals surface area contributed by atoms with Gasteiger partial charge in [0.2, 0.25) is 0 Å². The lowest BCUT2D eigenvalue weighted by Gasteiger charge is -2.21. The summed E-state index contributed by atoms with van der Waals surface area (Å²) in [6.45, 7) is 0.112. The van der Waals surface area contributed by atoms with Crippen LogP contribution in [0, 0.1) is 0 Å². The van der Waals surface area contributed by atoms with Crippen molar-refractivity contribution in [3.8, 4) is 11.1 Å². The highest BCUT2D eigenvalue weighted by Gasteiger charge is 2.29. The number of hydrogen-bond donors (Lipinski definition) is 1. The molecule has 1 atom stereocenters. The van der Waals surface area contributed by atoms with Crippen LogP contribution in [0.15, 0.2) is 72.8 Å². The lowest BCUT2D eigenvalue weighted by molar-refractivity contribution is -0.308. The Morgan fingerprint density at radius 3 is 2.07 bits per heavy atom. The van der Waals surface area contributed by atoms with E-state index in [9.17, 15) is 14.7 Å². The molecular formula is C24H19ClNO4-. The van der Waals surface area contributed by atoms with Crippen LogP contribution in [0.1, 0.15) is 22.6 Å². The number of carboxylic acid groups (broad SMARTS) is 1. The van der Waals surface area contributed by atoms with Gasteiger partial charge in [0.25, 0.3) is 0 Å². The number of fused-ring (bicyclic) bond motifs is 3. The Hall–Kier alpha value is -3.31. The molecule has 0 spiro atoms. The number of aliphatic carboxylic acids is 1. The summed E-state index contributed by atoms with van der Waals surface area (Å²) in [6.07, 6.45) is -0.719. The van der Waals surface area contributed by atoms with Crippen LogP contribution in [-0.4, -0.2) is 24.7 Å². The van der Waals surface area contributed by atoms with Gasteiger partial charge >= 0.3 is 6.09 Å². The number of alkyl carbamates (subject to hydrolysis) is 1. The zero-order valence-corrected chi connectivity index (χ0v) is 16.8. The lowest BCUT2D eigenvalue weighted by atomic mass is 9.98. The standard InChI is InChI=1S/C24H20ClNO4/c25-16-11-9-15(10-12-16)13-22(23(27)28)26-24(29)30-14-21-19-7-3-1-5-17(19)18-6-2-4-8-20(18)21/h1-12,21-22H,13-14H2,(H,26,29)(H,27,28)/p-1/t22-/m0/s1. The lowest BCUT2D eigenvalue weighted by Crippen LogP contribution is -2.49. The summed E-state index contributed by atoms with van der Waals surface area (Å²) in [7, 11) is 0. The molecule has 6 heteroatoms. The van der Waals surface area contributed by atoms with Crippen LogP contribution in [0.5, 0.6) is 0 Å². The summed E-state index contributed by atoms with van der Waals surface area (Å²) in [5.41, 5.74) is 5.13. The Morgan fingerprint density at radius 2 is 1.50 bits per heavy atom. The topological polar surface area (TPSA) is 78.5 Å². The van der Waals surface area contributed by atoms with Gasteiger partial charge < -0.3 is 20.0 Å². The summed E-state index contributed by atoms with van der Waals surface area (Å²) in [5, 5.41) is 14.4. The van der Waals surface area contributed by atoms with Crippen molar-refractivity contribution < 1.29 is 19.4 Å². The van der Waals surface area contributed by atoms with Gasteiger partial charge in [0.1, 0.15) is 6.61 Å². The zero-order valence-electron chi connectivity index (χ0n) is 16.0. The molecule has 0 saturated carbocycles. The van der Waals surface area contributed by atoms with Crippen molar-refractivity contribution in [1.82, 2.24) is 5.32 Å². The van der Waals surface area contributed by atoms with Crippen molar-refractivity contribution in [2.75, 3.05) is 6.61 Å². The quantitative estimate of drug-likeness (QED) is 0.661. The Kier molecular flexibility index (Phi) is 5.72. The van der Waals surface area contributed by atoms with E-state index in [-0.39, 0.29) is 18.9 Å². The van der Waals surface area contributed by atoms with Crippen LogP contribution in [-0.2, 0) is 16.0 Å². The van der Waals surface area contributed by atoms with E-state index in [0.29, 0.717) is 10.6 Å². The summed E-state index contributed by atoms with van der Waals surface area (Å²) in [6, 6.07) is 21.5. The van der Waals surface area contributed by atoms with Crippen molar-refractivity contribution in [2.24, 2.45) is 0 Å². The van der Waals surface area contributed by atoms with E-state index >= 15 is 0 Å². The highest BCUT2D eigenvalue weighted by atomic mass is 35.5. The fraction of sp³-hybridized carbons (Fsp3) is 0.167. The number of amides is 1. The van der Waals surface area contributed by atoms with Crippen LogP contribution >= 0.6 is 11.6 Å². The predicted octanol–water partition coefficient (Wildman–Crippen LogP) is 3.54. The second-order valence-electron chi connectivity index (χ2n) is 7.17. The van der Waals surface area contributed by atoms with Gasteiger partial charge in [0.05, 0.1) is 12.0 Å². The molecule has 0 heterocycles. The van der Waals surface area contributed by atoms with Gasteiger partial charge in [-0.15, -0.1) is 0 Å². The average molecular weight is 421 g/mol. The first-order valence-corrected chi connectivity index (χ1v) is 9.97. The van der Waals surface area contributed by atoms with Crippen molar-refractivity contribution in [3.63, 3.8) is 0 Å². The smallest absolute Gasteiger partial charge is 0.407 e. The molecule has 0 radical (unpaired) electrons. The van der Waals surface area contributed by atoms with Crippen LogP contribution in [0.4, 0.5) is 4.79 Å². The van der Waals surface area contributed by atoms with E-state index in [0.717, 1.165) is 22.3 Å². The Labute approximate surface area is 179 Å². The number of ether oxygens (including phenoxy) is 1. The number of halogens is 1. The molecule has 3 aromatic carbocycles. The number of carboxylic acids is 1. The van der Waals surface area contributed by atoms with Crippen LogP contribution in [0.25, 0.3) is 11.1 Å². The molecule has 1 aliphatic carbocycles. The maximum absolute atomic E-state index is 12.3. The molecular weight excluding hydrogens is 402 g/mol. The summed E-state index contributed by atoms with van der Waals surface area (Å²) in [5.74, 6) is -1.47. The Bertz CT molecular complexity index is 1040. The largest absolute Gasteiger partial charge is 0.548 e. The first-order valence-electron chi connectivity index (χ1n) is 9.59. The van der Waals surface area contributed by atoms with Crippen LogP contribution in [0.3, 0.4) is 0 Å². The van der Waals surface area contributed by atoms with Crippen molar-refractivity contribution in [3.05, 3.63) is 94.5 Å². The molecule has 3 aromatic rings. The minimum absolute atomic E-state index is 0.0731. The van der Waals surface area contributed by atoms with Crippen molar-refractivity contribution in [1.29, 1.82) is 0 Å². The van der Waals surface area contributed by atoms with E-state index < -0.39 is 18.1 Å². The van der Waals surface area contributed by atoms with Crippen molar-refractivity contribution >= 4 is 23.7 Å². The molecule has 1 N–H and O–H groups in total. The molecule has 0 bridgehead atoms. The maximum atomic E-state index is 12.3. The van der Waals surface area contributed by atoms with E-state index in [4.69, 9.17) is 16.3 Å². The summed E-state index contributed by atoms with van der Waals surface area (Å²) >= 11 is 5.85. The monoisotopic (exact) mass is 420 g/mol. The SMILES string of the molecule is O=C(N[C@@H](Cc1ccc(Cl)cc1)C(=O)[O-])OCC1c2ccccc2-c2ccccc21. The summed E-state index contributed by atoms with van der Waals surface area (Å²) in [4.78, 5) is 23.8. The van der Waals surface area contributed by atoms with Gasteiger partial charge in [0.15, 0.2) is 0 Å². The first-order chi connectivity index (χ1) is 14.5. The van der Waals surface area contributed by atoms with Gasteiger partial charge in [-0.3, -0.25) is 0 Å². The Morgan fingerprint density at radius 1 is 0.933 bits per heavy atom. The minimum atomic E-state index is -1.38. The third-order valence-corrected chi connectivity index (χ3v) is 5.53. The normalized spacial score (nSPS) is 13.2. The molecule has 152 valence electrons. The second kappa shape index (κ2) is 8.59. The fourth-order valence-corrected chi connectivity index (χ4v) is 3.96. The first kappa shape index (κ1) is 20.0. The van der Waals surface area contributed by atoms with Crippen molar-refractivity contribution in [2.45, 2.75) is 18.4 Å². The molecule has 0 aliphatic heterocycles. The molecule has 4 rings (SSSR count). The number of hydrogen-bond acceptors (Lipinski definition) is 4. The zero-order chi connectivity index (χ0) is 21.1. The summed E-state index contributed by atoms with van der Waals surface area (Å²) < 4.78 is 5.41. The number of carbonyl (C=O) groups excluding carboxylic acids is 2. The predicted molar refractivity (Wildman–Crippen MR) is 112 cm³/mol. The van der Waals surface area contributed by atoms with E-state index in [1.54, 1.807) is 24.3 Å². The van der Waals surface area contributed by atoms with E-state index in [1.807, 2.05) is 48.5 Å². The molecule has 30 heavy (non-hydrogen) atoms. The molecule has 0 unspecified atom stereocenters. The van der Waals surface area contributed by atoms with E-state index in [1.165, 1.54) is 0 Å². The molecule has 5 nitrogen and oxygen atoms in total. The highest BCUT2D eigenvalue weighted by molar-refractivity contribution is 6.30. The third kappa shape index (κ3) is 4.16. The highest BCUT2D eigenvalue weighted by Crippen LogP contribution is 2.44. The number of benzene rings is 3. The molecule has 0 saturated heterocycles. The van der Waals surface area contributed by atoms with Gasteiger partial charge in [-0.05, 0) is 46.4 Å². The van der Waals surface area contributed by atoms with Gasteiger partial charge in [-0.25, -0.2) is 4.79 Å². The molecule has 0 aromatic heterocycles. The van der Waals surface area contributed by atoms with E-state index in [2.05, 4.69) is 5.32 Å². The van der Waals surface area contributed by atoms with Gasteiger partial charge in [-0.2, -0.15) is 0 Å². The van der Waals surface area contributed by atoms with Crippen LogP contribution < -0.4 is 10.4 Å². The number of nitrogens with one attached hydrogen (secondary N) is 1. The molecule has 0 fully saturated rings. The molecule has 1 amide bonds. The second-order valence-corrected chi connectivity index (χ2v) is 7.61. The average Bonchev–Trinajstić information content (AvgIpc) is 3.07. The van der Waals surface area contributed by atoms with Crippen LogP contribution in [0.2, 0.25) is 5.02 Å². The van der Waals surface area contributed by atoms with Gasteiger partial charge in [-0.1, -0.05) is 72.3 Å². The third-order valence-electron chi connectivity index (χ3n) is 5.27. The Balaban J connectivity index is 1.43. The van der Waals surface area contributed by atoms with Gasteiger partial charge in [0, 0.05) is 10.9 Å². The number of rotatable bonds is 6. The number of carbonyl (C=O) groups is 2. The maximum Gasteiger partial charge on any atom is 0.407 e. The fourth-order valence-electron chi connectivity index (χ4n) is 3.83. The molecule has 1 aliphatic rings. The minimum Gasteiger partial charge on any atom is -0.548 e.